The number of carbonyl (C=O) groups excluding carboxylic acids is 2. The van der Waals surface area contributed by atoms with Crippen LogP contribution in [0.2, 0.25) is 0 Å². The van der Waals surface area contributed by atoms with Crippen LogP contribution in [0.1, 0.15) is 26.9 Å². The first-order valence-electron chi connectivity index (χ1n) is 9.50. The van der Waals surface area contributed by atoms with Crippen LogP contribution in [0.15, 0.2) is 72.8 Å². The molecular formula is C23H16F4N2O2S. The summed E-state index contributed by atoms with van der Waals surface area (Å²) in [5.41, 5.74) is 0.862. The van der Waals surface area contributed by atoms with E-state index in [4.69, 9.17) is 0 Å². The highest BCUT2D eigenvalue weighted by molar-refractivity contribution is 8.00. The number of halogens is 4. The molecule has 1 atom stereocenters. The van der Waals surface area contributed by atoms with Crippen LogP contribution in [0.5, 0.6) is 0 Å². The number of benzene rings is 3. The van der Waals surface area contributed by atoms with Gasteiger partial charge in [-0.3, -0.25) is 14.5 Å². The lowest BCUT2D eigenvalue weighted by Crippen LogP contribution is -2.28. The number of hydrogen-bond acceptors (Lipinski definition) is 3. The fourth-order valence-electron chi connectivity index (χ4n) is 3.36. The molecule has 1 N–H and O–H groups in total. The first-order chi connectivity index (χ1) is 15.2. The summed E-state index contributed by atoms with van der Waals surface area (Å²) in [5.74, 6) is -1.07. The summed E-state index contributed by atoms with van der Waals surface area (Å²) in [6, 6.07) is 16.5. The topological polar surface area (TPSA) is 49.4 Å². The molecule has 4 rings (SSSR count). The molecule has 1 aliphatic heterocycles. The number of amides is 2. The Balaban J connectivity index is 1.57. The van der Waals surface area contributed by atoms with Crippen molar-refractivity contribution in [2.45, 2.75) is 11.6 Å². The predicted molar refractivity (Wildman–Crippen MR) is 115 cm³/mol. The summed E-state index contributed by atoms with van der Waals surface area (Å²) in [7, 11) is 0. The lowest BCUT2D eigenvalue weighted by Gasteiger charge is -2.25. The van der Waals surface area contributed by atoms with E-state index in [0.29, 0.717) is 16.9 Å². The number of hydrogen-bond donors (Lipinski definition) is 1. The fraction of sp³-hybridized carbons (Fsp3) is 0.130. The van der Waals surface area contributed by atoms with Crippen LogP contribution in [0.4, 0.5) is 28.9 Å². The maximum absolute atomic E-state index is 13.4. The zero-order valence-electron chi connectivity index (χ0n) is 16.4. The third-order valence-electron chi connectivity index (χ3n) is 4.86. The zero-order chi connectivity index (χ0) is 22.9. The molecular weight excluding hydrogens is 444 g/mol. The molecule has 1 saturated heterocycles. The smallest absolute Gasteiger partial charge is 0.322 e. The lowest BCUT2D eigenvalue weighted by molar-refractivity contribution is -0.137. The van der Waals surface area contributed by atoms with Crippen LogP contribution in [0.25, 0.3) is 0 Å². The van der Waals surface area contributed by atoms with Crippen molar-refractivity contribution in [1.82, 2.24) is 0 Å². The molecule has 164 valence electrons. The van der Waals surface area contributed by atoms with Gasteiger partial charge in [-0.15, -0.1) is 11.8 Å². The van der Waals surface area contributed by atoms with Crippen LogP contribution >= 0.6 is 11.8 Å². The largest absolute Gasteiger partial charge is 0.416 e. The highest BCUT2D eigenvalue weighted by Crippen LogP contribution is 2.43. The van der Waals surface area contributed by atoms with Crippen LogP contribution in [-0.2, 0) is 11.0 Å². The van der Waals surface area contributed by atoms with Crippen molar-refractivity contribution in [1.29, 1.82) is 0 Å². The Morgan fingerprint density at radius 1 is 1.00 bits per heavy atom. The van der Waals surface area contributed by atoms with E-state index in [-0.39, 0.29) is 17.2 Å². The Bertz CT molecular complexity index is 1170. The highest BCUT2D eigenvalue weighted by atomic mass is 32.2. The number of anilines is 2. The molecule has 0 saturated carbocycles. The second kappa shape index (κ2) is 8.66. The molecule has 2 amide bonds. The molecule has 1 heterocycles. The van der Waals surface area contributed by atoms with Gasteiger partial charge < -0.3 is 5.32 Å². The van der Waals surface area contributed by atoms with Gasteiger partial charge in [-0.05, 0) is 60.2 Å². The summed E-state index contributed by atoms with van der Waals surface area (Å²) in [4.78, 5) is 26.4. The van der Waals surface area contributed by atoms with Gasteiger partial charge in [0, 0.05) is 16.9 Å². The number of nitrogens with zero attached hydrogens (tertiary/aromatic N) is 1. The number of rotatable bonds is 4. The molecule has 0 aromatic heterocycles. The predicted octanol–water partition coefficient (Wildman–Crippen LogP) is 5.88. The lowest BCUT2D eigenvalue weighted by atomic mass is 10.1. The molecule has 1 fully saturated rings. The molecule has 0 radical (unpaired) electrons. The normalized spacial score (nSPS) is 16.3. The van der Waals surface area contributed by atoms with Gasteiger partial charge in [0.05, 0.1) is 11.3 Å². The van der Waals surface area contributed by atoms with Gasteiger partial charge in [0.25, 0.3) is 5.91 Å². The van der Waals surface area contributed by atoms with Crippen molar-refractivity contribution in [3.05, 3.63) is 95.3 Å². The van der Waals surface area contributed by atoms with E-state index in [1.165, 1.54) is 47.0 Å². The molecule has 3 aromatic carbocycles. The Morgan fingerprint density at radius 3 is 2.41 bits per heavy atom. The summed E-state index contributed by atoms with van der Waals surface area (Å²) in [5, 5.41) is 2.23. The zero-order valence-corrected chi connectivity index (χ0v) is 17.2. The van der Waals surface area contributed by atoms with E-state index in [0.717, 1.165) is 18.2 Å². The highest BCUT2D eigenvalue weighted by Gasteiger charge is 2.35. The monoisotopic (exact) mass is 460 g/mol. The summed E-state index contributed by atoms with van der Waals surface area (Å²) < 4.78 is 52.0. The van der Waals surface area contributed by atoms with Crippen molar-refractivity contribution in [3.8, 4) is 0 Å². The van der Waals surface area contributed by atoms with Crippen molar-refractivity contribution < 1.29 is 27.2 Å². The Hall–Kier alpha value is -3.33. The molecule has 4 nitrogen and oxygen atoms in total. The summed E-state index contributed by atoms with van der Waals surface area (Å²) in [6.45, 7) is 0. The van der Waals surface area contributed by atoms with Crippen LogP contribution in [-0.4, -0.2) is 17.6 Å². The SMILES string of the molecule is O=C(Nc1cccc([C@H]2SCC(=O)N2c2ccc(C(F)(F)F)cc2)c1)c1cccc(F)c1. The minimum absolute atomic E-state index is 0.159. The quantitative estimate of drug-likeness (QED) is 0.495. The molecule has 0 spiro atoms. The molecule has 0 aliphatic carbocycles. The number of carbonyl (C=O) groups is 2. The van der Waals surface area contributed by atoms with Crippen molar-refractivity contribution in [2.75, 3.05) is 16.0 Å². The summed E-state index contributed by atoms with van der Waals surface area (Å²) in [6.07, 6.45) is -4.46. The van der Waals surface area contributed by atoms with Gasteiger partial charge in [-0.2, -0.15) is 13.2 Å². The van der Waals surface area contributed by atoms with Crippen LogP contribution < -0.4 is 10.2 Å². The van der Waals surface area contributed by atoms with E-state index in [9.17, 15) is 27.2 Å². The molecule has 32 heavy (non-hydrogen) atoms. The standard InChI is InChI=1S/C23H16F4N2O2S/c24-17-5-1-3-14(11-17)21(31)28-18-6-2-4-15(12-18)22-29(20(30)13-32-22)19-9-7-16(8-10-19)23(25,26)27/h1-12,22H,13H2,(H,28,31)/t22-/m1/s1. The third kappa shape index (κ3) is 4.62. The van der Waals surface area contributed by atoms with Crippen molar-refractivity contribution in [3.63, 3.8) is 0 Å². The van der Waals surface area contributed by atoms with Gasteiger partial charge in [0.2, 0.25) is 5.91 Å². The first-order valence-corrected chi connectivity index (χ1v) is 10.5. The average Bonchev–Trinajstić information content (AvgIpc) is 3.15. The average molecular weight is 460 g/mol. The van der Waals surface area contributed by atoms with Gasteiger partial charge in [0.1, 0.15) is 11.2 Å². The second-order valence-corrected chi connectivity index (χ2v) is 8.13. The van der Waals surface area contributed by atoms with E-state index in [1.807, 2.05) is 0 Å². The van der Waals surface area contributed by atoms with E-state index in [2.05, 4.69) is 5.32 Å². The minimum Gasteiger partial charge on any atom is -0.322 e. The van der Waals surface area contributed by atoms with Crippen molar-refractivity contribution >= 4 is 35.0 Å². The first kappa shape index (κ1) is 21.9. The molecule has 3 aromatic rings. The number of thioether (sulfide) groups is 1. The van der Waals surface area contributed by atoms with E-state index in [1.54, 1.807) is 24.3 Å². The minimum atomic E-state index is -4.46. The second-order valence-electron chi connectivity index (χ2n) is 7.06. The maximum atomic E-state index is 13.4. The summed E-state index contributed by atoms with van der Waals surface area (Å²) >= 11 is 1.33. The van der Waals surface area contributed by atoms with E-state index >= 15 is 0 Å². The molecule has 0 unspecified atom stereocenters. The number of alkyl halides is 3. The third-order valence-corrected chi connectivity index (χ3v) is 6.07. The maximum Gasteiger partial charge on any atom is 0.416 e. The Morgan fingerprint density at radius 2 is 1.72 bits per heavy atom. The molecule has 0 bridgehead atoms. The van der Waals surface area contributed by atoms with Crippen LogP contribution in [0.3, 0.4) is 0 Å². The van der Waals surface area contributed by atoms with Gasteiger partial charge in [-0.25, -0.2) is 4.39 Å². The number of nitrogens with one attached hydrogen (secondary N) is 1. The van der Waals surface area contributed by atoms with E-state index < -0.39 is 28.8 Å². The Labute approximate surface area is 185 Å². The molecule has 1 aliphatic rings. The van der Waals surface area contributed by atoms with Crippen molar-refractivity contribution in [2.24, 2.45) is 0 Å². The van der Waals surface area contributed by atoms with Crippen LogP contribution in [0, 0.1) is 5.82 Å². The van der Waals surface area contributed by atoms with Gasteiger partial charge in [0.15, 0.2) is 0 Å². The Kier molecular flexibility index (Phi) is 5.92. The van der Waals surface area contributed by atoms with Gasteiger partial charge >= 0.3 is 6.18 Å². The molecule has 9 heteroatoms. The van der Waals surface area contributed by atoms with Gasteiger partial charge in [-0.1, -0.05) is 18.2 Å². The fourth-order valence-corrected chi connectivity index (χ4v) is 4.53.